The number of aryl methyl sites for hydroxylation is 1. The van der Waals surface area contributed by atoms with Crippen LogP contribution in [0.1, 0.15) is 35.7 Å². The summed E-state index contributed by atoms with van der Waals surface area (Å²) in [5.41, 5.74) is 0.503. The summed E-state index contributed by atoms with van der Waals surface area (Å²) in [6.45, 7) is 4.77. The van der Waals surface area contributed by atoms with Crippen molar-refractivity contribution in [3.63, 3.8) is 0 Å². The van der Waals surface area contributed by atoms with E-state index < -0.39 is 20.9 Å². The van der Waals surface area contributed by atoms with Crippen LogP contribution in [0.4, 0.5) is 5.69 Å². The molecule has 2 aromatic carbocycles. The number of likely N-dealkylation sites (tertiary alicyclic amines) is 1. The number of carbonyl (C=O) groups excluding carboxylic acids is 1. The van der Waals surface area contributed by atoms with Gasteiger partial charge in [-0.2, -0.15) is 0 Å². The number of methoxy groups -OCH3 is 1. The minimum absolute atomic E-state index is 0.0915. The van der Waals surface area contributed by atoms with Gasteiger partial charge in [0, 0.05) is 25.7 Å². The number of carbonyl (C=O) groups is 1. The summed E-state index contributed by atoms with van der Waals surface area (Å²) < 4.78 is 38.5. The monoisotopic (exact) mass is 491 g/mol. The summed E-state index contributed by atoms with van der Waals surface area (Å²) in [7, 11) is -2.28. The van der Waals surface area contributed by atoms with E-state index in [1.807, 2.05) is 6.92 Å². The maximum absolute atomic E-state index is 13.2. The lowest BCUT2D eigenvalue weighted by Crippen LogP contribution is -2.43. The van der Waals surface area contributed by atoms with Crippen LogP contribution in [0.15, 0.2) is 41.3 Å². The first-order valence-corrected chi connectivity index (χ1v) is 12.5. The van der Waals surface area contributed by atoms with Crippen LogP contribution in [0.25, 0.3) is 0 Å². The highest BCUT2D eigenvalue weighted by molar-refractivity contribution is 7.89. The molecule has 184 valence electrons. The molecule has 10 nitrogen and oxygen atoms in total. The molecule has 3 rings (SSSR count). The molecule has 0 bridgehead atoms. The van der Waals surface area contributed by atoms with Crippen molar-refractivity contribution >= 4 is 21.6 Å². The molecule has 2 aromatic rings. The van der Waals surface area contributed by atoms with Crippen molar-refractivity contribution in [1.82, 2.24) is 9.62 Å². The standard InChI is InChI=1S/C23H29N3O7S/c1-4-33-22-13-20(26(28)29)19(12-21(22)32-3)23(27)25-11-5-6-17(15-25)14-24-34(30,31)18-9-7-16(2)8-10-18/h7-10,12-13,17,24H,4-6,11,14-15H2,1-3H3. The molecule has 1 unspecified atom stereocenters. The number of amides is 1. The van der Waals surface area contributed by atoms with E-state index in [1.165, 1.54) is 24.1 Å². The zero-order chi connectivity index (χ0) is 24.9. The van der Waals surface area contributed by atoms with Crippen LogP contribution in [0, 0.1) is 23.0 Å². The number of hydrogen-bond donors (Lipinski definition) is 1. The fraction of sp³-hybridized carbons (Fsp3) is 0.435. The first kappa shape index (κ1) is 25.4. The number of nitrogens with one attached hydrogen (secondary N) is 1. The third-order valence-corrected chi connectivity index (χ3v) is 7.15. The smallest absolute Gasteiger partial charge is 0.286 e. The van der Waals surface area contributed by atoms with Crippen molar-refractivity contribution in [3.8, 4) is 11.5 Å². The minimum Gasteiger partial charge on any atom is -0.493 e. The SMILES string of the molecule is CCOc1cc([N+](=O)[O-])c(C(=O)N2CCCC(CNS(=O)(=O)c3ccc(C)cc3)C2)cc1OC. The van der Waals surface area contributed by atoms with Crippen LogP contribution in [0.2, 0.25) is 0 Å². The Kier molecular flexibility index (Phi) is 8.11. The van der Waals surface area contributed by atoms with Crippen molar-refractivity contribution in [1.29, 1.82) is 0 Å². The quantitative estimate of drug-likeness (QED) is 0.421. The van der Waals surface area contributed by atoms with E-state index in [2.05, 4.69) is 4.72 Å². The average Bonchev–Trinajstić information content (AvgIpc) is 2.82. The molecule has 1 aliphatic rings. The molecular weight excluding hydrogens is 462 g/mol. The Balaban J connectivity index is 1.75. The topological polar surface area (TPSA) is 128 Å². The summed E-state index contributed by atoms with van der Waals surface area (Å²) >= 11 is 0. The van der Waals surface area contributed by atoms with E-state index in [1.54, 1.807) is 31.2 Å². The molecule has 0 aromatic heterocycles. The maximum Gasteiger partial charge on any atom is 0.286 e. The number of hydrogen-bond acceptors (Lipinski definition) is 7. The molecule has 11 heteroatoms. The third-order valence-electron chi connectivity index (χ3n) is 5.71. The molecule has 1 N–H and O–H groups in total. The van der Waals surface area contributed by atoms with Gasteiger partial charge in [0.1, 0.15) is 5.56 Å². The van der Waals surface area contributed by atoms with Crippen molar-refractivity contribution in [3.05, 3.63) is 57.6 Å². The van der Waals surface area contributed by atoms with Crippen LogP contribution < -0.4 is 14.2 Å². The van der Waals surface area contributed by atoms with Crippen LogP contribution in [0.5, 0.6) is 11.5 Å². The maximum atomic E-state index is 13.2. The van der Waals surface area contributed by atoms with Crippen LogP contribution in [-0.4, -0.2) is 57.5 Å². The lowest BCUT2D eigenvalue weighted by atomic mass is 9.97. The van der Waals surface area contributed by atoms with Crippen molar-refractivity contribution in [2.75, 3.05) is 33.4 Å². The van der Waals surface area contributed by atoms with E-state index in [9.17, 15) is 23.3 Å². The number of rotatable bonds is 9. The fourth-order valence-electron chi connectivity index (χ4n) is 3.91. The van der Waals surface area contributed by atoms with Gasteiger partial charge in [-0.15, -0.1) is 0 Å². The normalized spacial score (nSPS) is 16.2. The zero-order valence-electron chi connectivity index (χ0n) is 19.4. The van der Waals surface area contributed by atoms with E-state index >= 15 is 0 Å². The van der Waals surface area contributed by atoms with E-state index in [-0.39, 0.29) is 53.3 Å². The predicted molar refractivity (Wildman–Crippen MR) is 126 cm³/mol. The minimum atomic E-state index is -3.68. The van der Waals surface area contributed by atoms with E-state index in [0.717, 1.165) is 12.0 Å². The van der Waals surface area contributed by atoms with Gasteiger partial charge in [-0.05, 0) is 44.7 Å². The Morgan fingerprint density at radius 2 is 1.94 bits per heavy atom. The van der Waals surface area contributed by atoms with E-state index in [0.29, 0.717) is 13.0 Å². The fourth-order valence-corrected chi connectivity index (χ4v) is 5.03. The second-order valence-corrected chi connectivity index (χ2v) is 9.90. The molecule has 1 fully saturated rings. The second kappa shape index (κ2) is 10.8. The molecule has 0 aliphatic carbocycles. The highest BCUT2D eigenvalue weighted by Gasteiger charge is 2.31. The Morgan fingerprint density at radius 3 is 2.56 bits per heavy atom. The van der Waals surface area contributed by atoms with Gasteiger partial charge in [0.05, 0.1) is 29.6 Å². The van der Waals surface area contributed by atoms with Crippen LogP contribution >= 0.6 is 0 Å². The molecule has 1 saturated heterocycles. The molecule has 0 spiro atoms. The van der Waals surface area contributed by atoms with E-state index in [4.69, 9.17) is 9.47 Å². The van der Waals surface area contributed by atoms with Crippen molar-refractivity contribution in [2.45, 2.75) is 31.6 Å². The van der Waals surface area contributed by atoms with Crippen molar-refractivity contribution in [2.24, 2.45) is 5.92 Å². The Bertz CT molecular complexity index is 1150. The largest absolute Gasteiger partial charge is 0.493 e. The van der Waals surface area contributed by atoms with Gasteiger partial charge >= 0.3 is 0 Å². The first-order chi connectivity index (χ1) is 16.2. The average molecular weight is 492 g/mol. The van der Waals surface area contributed by atoms with Gasteiger partial charge in [-0.1, -0.05) is 17.7 Å². The van der Waals surface area contributed by atoms with Crippen molar-refractivity contribution < 1.29 is 27.6 Å². The summed E-state index contributed by atoms with van der Waals surface area (Å²) in [5, 5.41) is 11.7. The zero-order valence-corrected chi connectivity index (χ0v) is 20.3. The van der Waals surface area contributed by atoms with Gasteiger partial charge in [-0.25, -0.2) is 13.1 Å². The lowest BCUT2D eigenvalue weighted by Gasteiger charge is -2.33. The molecule has 1 aliphatic heterocycles. The summed E-state index contributed by atoms with van der Waals surface area (Å²) in [6, 6.07) is 9.09. The number of benzene rings is 2. The molecule has 1 heterocycles. The number of ether oxygens (including phenoxy) is 2. The highest BCUT2D eigenvalue weighted by atomic mass is 32.2. The Hall–Kier alpha value is -3.18. The van der Waals surface area contributed by atoms with Gasteiger partial charge in [0.25, 0.3) is 11.6 Å². The highest BCUT2D eigenvalue weighted by Crippen LogP contribution is 2.36. The Labute approximate surface area is 199 Å². The second-order valence-electron chi connectivity index (χ2n) is 8.13. The summed E-state index contributed by atoms with van der Waals surface area (Å²) in [6.07, 6.45) is 1.39. The van der Waals surface area contributed by atoms with Gasteiger partial charge in [-0.3, -0.25) is 14.9 Å². The summed E-state index contributed by atoms with van der Waals surface area (Å²) in [5.74, 6) is -0.203. The van der Waals surface area contributed by atoms with Gasteiger partial charge in [0.15, 0.2) is 11.5 Å². The molecule has 1 atom stereocenters. The molecular formula is C23H29N3O7S. The van der Waals surface area contributed by atoms with Gasteiger partial charge < -0.3 is 14.4 Å². The number of nitrogens with zero attached hydrogens (tertiary/aromatic N) is 2. The molecule has 1 amide bonds. The number of sulfonamides is 1. The van der Waals surface area contributed by atoms with Crippen LogP contribution in [-0.2, 0) is 10.0 Å². The molecule has 0 saturated carbocycles. The van der Waals surface area contributed by atoms with Gasteiger partial charge in [0.2, 0.25) is 10.0 Å². The number of nitro benzene ring substituents is 1. The third kappa shape index (κ3) is 5.84. The summed E-state index contributed by atoms with van der Waals surface area (Å²) in [4.78, 5) is 26.0. The predicted octanol–water partition coefficient (Wildman–Crippen LogP) is 3.14. The Morgan fingerprint density at radius 1 is 1.24 bits per heavy atom. The molecule has 0 radical (unpaired) electrons. The number of nitro groups is 1. The van der Waals surface area contributed by atoms with Crippen LogP contribution in [0.3, 0.4) is 0 Å². The number of piperidine rings is 1. The lowest BCUT2D eigenvalue weighted by molar-refractivity contribution is -0.385. The molecule has 34 heavy (non-hydrogen) atoms. The first-order valence-electron chi connectivity index (χ1n) is 11.0.